The van der Waals surface area contributed by atoms with Gasteiger partial charge in [-0.1, -0.05) is 26.8 Å². The van der Waals surface area contributed by atoms with E-state index in [2.05, 4.69) is 19.2 Å². The summed E-state index contributed by atoms with van der Waals surface area (Å²) >= 11 is 1.71. The van der Waals surface area contributed by atoms with E-state index in [1.165, 1.54) is 18.2 Å². The molecule has 0 aliphatic heterocycles. The SMILES string of the molecule is CCCNC(CSC(C)C)c1c(F)cccc1F. The highest BCUT2D eigenvalue weighted by Crippen LogP contribution is 2.25. The minimum Gasteiger partial charge on any atom is -0.309 e. The van der Waals surface area contributed by atoms with E-state index in [4.69, 9.17) is 0 Å². The normalized spacial score (nSPS) is 13.0. The molecular weight excluding hydrogens is 252 g/mol. The van der Waals surface area contributed by atoms with Crippen molar-refractivity contribution in [2.45, 2.75) is 38.5 Å². The number of benzene rings is 1. The zero-order valence-corrected chi connectivity index (χ0v) is 12.0. The third-order valence-corrected chi connectivity index (χ3v) is 3.78. The maximum Gasteiger partial charge on any atom is 0.130 e. The molecule has 0 amide bonds. The first kappa shape index (κ1) is 15.4. The molecule has 1 rings (SSSR count). The van der Waals surface area contributed by atoms with Gasteiger partial charge in [-0.15, -0.1) is 0 Å². The molecule has 18 heavy (non-hydrogen) atoms. The third-order valence-electron chi connectivity index (χ3n) is 2.59. The highest BCUT2D eigenvalue weighted by atomic mass is 32.2. The number of halogens is 2. The summed E-state index contributed by atoms with van der Waals surface area (Å²) < 4.78 is 27.5. The minimum absolute atomic E-state index is 0.166. The zero-order valence-electron chi connectivity index (χ0n) is 11.2. The van der Waals surface area contributed by atoms with E-state index < -0.39 is 11.6 Å². The van der Waals surface area contributed by atoms with Crippen molar-refractivity contribution < 1.29 is 8.78 Å². The first-order valence-electron chi connectivity index (χ1n) is 6.35. The number of nitrogens with one attached hydrogen (secondary N) is 1. The molecule has 4 heteroatoms. The lowest BCUT2D eigenvalue weighted by Gasteiger charge is -2.20. The van der Waals surface area contributed by atoms with Crippen molar-refractivity contribution >= 4 is 11.8 Å². The van der Waals surface area contributed by atoms with Gasteiger partial charge in [0.05, 0.1) is 0 Å². The maximum absolute atomic E-state index is 13.8. The number of rotatable bonds is 7. The van der Waals surface area contributed by atoms with Crippen molar-refractivity contribution in [3.05, 3.63) is 35.4 Å². The van der Waals surface area contributed by atoms with Gasteiger partial charge < -0.3 is 5.32 Å². The Bertz CT molecular complexity index is 349. The van der Waals surface area contributed by atoms with Crippen molar-refractivity contribution in [2.75, 3.05) is 12.3 Å². The van der Waals surface area contributed by atoms with Gasteiger partial charge in [-0.05, 0) is 30.3 Å². The molecule has 0 radical (unpaired) electrons. The molecule has 1 aromatic rings. The summed E-state index contributed by atoms with van der Waals surface area (Å²) in [6.07, 6.45) is 0.943. The van der Waals surface area contributed by atoms with E-state index in [-0.39, 0.29) is 11.6 Å². The summed E-state index contributed by atoms with van der Waals surface area (Å²) in [4.78, 5) is 0. The van der Waals surface area contributed by atoms with Gasteiger partial charge in [0.1, 0.15) is 11.6 Å². The van der Waals surface area contributed by atoms with Gasteiger partial charge in [-0.3, -0.25) is 0 Å². The predicted molar refractivity (Wildman–Crippen MR) is 75.0 cm³/mol. The zero-order chi connectivity index (χ0) is 13.5. The second-order valence-electron chi connectivity index (χ2n) is 4.52. The summed E-state index contributed by atoms with van der Waals surface area (Å²) in [5.74, 6) is -0.254. The lowest BCUT2D eigenvalue weighted by atomic mass is 10.1. The summed E-state index contributed by atoms with van der Waals surface area (Å²) in [5, 5.41) is 3.67. The highest BCUT2D eigenvalue weighted by Gasteiger charge is 2.19. The fraction of sp³-hybridized carbons (Fsp3) is 0.571. The highest BCUT2D eigenvalue weighted by molar-refractivity contribution is 7.99. The average molecular weight is 273 g/mol. The number of hydrogen-bond donors (Lipinski definition) is 1. The van der Waals surface area contributed by atoms with Crippen molar-refractivity contribution in [1.82, 2.24) is 5.32 Å². The lowest BCUT2D eigenvalue weighted by Crippen LogP contribution is -2.26. The lowest BCUT2D eigenvalue weighted by molar-refractivity contribution is 0.491. The molecule has 1 unspecified atom stereocenters. The van der Waals surface area contributed by atoms with Crippen LogP contribution in [0.3, 0.4) is 0 Å². The Kier molecular flexibility index (Phi) is 6.65. The molecule has 0 saturated heterocycles. The first-order chi connectivity index (χ1) is 8.56. The second kappa shape index (κ2) is 7.74. The molecule has 1 N–H and O–H groups in total. The minimum atomic E-state index is -0.465. The van der Waals surface area contributed by atoms with Gasteiger partial charge in [0, 0.05) is 17.4 Å². The van der Waals surface area contributed by atoms with E-state index in [0.29, 0.717) is 11.0 Å². The summed E-state index contributed by atoms with van der Waals surface area (Å²) in [7, 11) is 0. The van der Waals surface area contributed by atoms with E-state index in [0.717, 1.165) is 13.0 Å². The number of hydrogen-bond acceptors (Lipinski definition) is 2. The summed E-state index contributed by atoms with van der Waals surface area (Å²) in [5.41, 5.74) is 0.166. The van der Waals surface area contributed by atoms with Gasteiger partial charge in [0.2, 0.25) is 0 Å². The van der Waals surface area contributed by atoms with Crippen LogP contribution in [0.4, 0.5) is 8.78 Å². The topological polar surface area (TPSA) is 12.0 Å². The Balaban J connectivity index is 2.86. The molecule has 1 nitrogen and oxygen atoms in total. The first-order valence-corrected chi connectivity index (χ1v) is 7.40. The van der Waals surface area contributed by atoms with Gasteiger partial charge >= 0.3 is 0 Å². The molecule has 0 heterocycles. The van der Waals surface area contributed by atoms with Gasteiger partial charge in [0.25, 0.3) is 0 Å². The van der Waals surface area contributed by atoms with Crippen LogP contribution in [0.25, 0.3) is 0 Å². The summed E-state index contributed by atoms with van der Waals surface area (Å²) in [6, 6.07) is 3.78. The molecule has 102 valence electrons. The van der Waals surface area contributed by atoms with Gasteiger partial charge in [0.15, 0.2) is 0 Å². The van der Waals surface area contributed by atoms with Crippen LogP contribution < -0.4 is 5.32 Å². The van der Waals surface area contributed by atoms with Crippen LogP contribution in [0.2, 0.25) is 0 Å². The Labute approximate surface area is 112 Å². The smallest absolute Gasteiger partial charge is 0.130 e. The molecule has 0 saturated carbocycles. The van der Waals surface area contributed by atoms with Crippen LogP contribution in [0.5, 0.6) is 0 Å². The molecule has 0 fully saturated rings. The predicted octanol–water partition coefficient (Wildman–Crippen LogP) is 4.15. The molecular formula is C14H21F2NS. The number of thioether (sulfide) groups is 1. The molecule has 0 spiro atoms. The Morgan fingerprint density at radius 1 is 1.22 bits per heavy atom. The Morgan fingerprint density at radius 2 is 1.83 bits per heavy atom. The van der Waals surface area contributed by atoms with Crippen LogP contribution in [0, 0.1) is 11.6 Å². The van der Waals surface area contributed by atoms with Crippen LogP contribution in [0.1, 0.15) is 38.8 Å². The molecule has 0 aliphatic rings. The van der Waals surface area contributed by atoms with E-state index in [1.807, 2.05) is 6.92 Å². The molecule has 0 aliphatic carbocycles. The fourth-order valence-corrected chi connectivity index (χ4v) is 2.56. The van der Waals surface area contributed by atoms with E-state index >= 15 is 0 Å². The molecule has 0 bridgehead atoms. The quantitative estimate of drug-likeness (QED) is 0.801. The summed E-state index contributed by atoms with van der Waals surface area (Å²) in [6.45, 7) is 6.97. The van der Waals surface area contributed by atoms with E-state index in [1.54, 1.807) is 11.8 Å². The van der Waals surface area contributed by atoms with Crippen molar-refractivity contribution in [2.24, 2.45) is 0 Å². The van der Waals surface area contributed by atoms with Crippen molar-refractivity contribution in [1.29, 1.82) is 0 Å². The average Bonchev–Trinajstić information content (AvgIpc) is 2.31. The second-order valence-corrected chi connectivity index (χ2v) is 6.13. The Morgan fingerprint density at radius 3 is 2.33 bits per heavy atom. The maximum atomic E-state index is 13.8. The fourth-order valence-electron chi connectivity index (χ4n) is 1.70. The third kappa shape index (κ3) is 4.58. The standard InChI is InChI=1S/C14H21F2NS/c1-4-8-17-13(9-18-10(2)3)14-11(15)6-5-7-12(14)16/h5-7,10,13,17H,4,8-9H2,1-3H3. The van der Waals surface area contributed by atoms with Crippen LogP contribution in [-0.2, 0) is 0 Å². The monoisotopic (exact) mass is 273 g/mol. The Hall–Kier alpha value is -0.610. The van der Waals surface area contributed by atoms with Crippen molar-refractivity contribution in [3.63, 3.8) is 0 Å². The molecule has 0 aromatic heterocycles. The van der Waals surface area contributed by atoms with Gasteiger partial charge in [-0.25, -0.2) is 8.78 Å². The van der Waals surface area contributed by atoms with E-state index in [9.17, 15) is 8.78 Å². The largest absolute Gasteiger partial charge is 0.309 e. The van der Waals surface area contributed by atoms with Crippen LogP contribution in [0.15, 0.2) is 18.2 Å². The van der Waals surface area contributed by atoms with Gasteiger partial charge in [-0.2, -0.15) is 11.8 Å². The van der Waals surface area contributed by atoms with Crippen LogP contribution >= 0.6 is 11.8 Å². The molecule has 1 atom stereocenters. The van der Waals surface area contributed by atoms with Crippen LogP contribution in [-0.4, -0.2) is 17.5 Å². The van der Waals surface area contributed by atoms with Crippen molar-refractivity contribution in [3.8, 4) is 0 Å². The molecule has 1 aromatic carbocycles.